The van der Waals surface area contributed by atoms with E-state index in [1.165, 1.54) is 12.1 Å². The van der Waals surface area contributed by atoms with Crippen molar-refractivity contribution >= 4 is 33.7 Å². The summed E-state index contributed by atoms with van der Waals surface area (Å²) in [5, 5.41) is 26.7. The second kappa shape index (κ2) is 8.39. The van der Waals surface area contributed by atoms with Gasteiger partial charge >= 0.3 is 11.3 Å². The van der Waals surface area contributed by atoms with Crippen LogP contribution >= 0.6 is 0 Å². The molecular formula is C19H16N4O7. The van der Waals surface area contributed by atoms with E-state index >= 15 is 0 Å². The zero-order chi connectivity index (χ0) is 21.8. The van der Waals surface area contributed by atoms with E-state index < -0.39 is 26.8 Å². The minimum Gasteiger partial charge on any atom is -0.487 e. The van der Waals surface area contributed by atoms with Crippen molar-refractivity contribution in [3.05, 3.63) is 78.7 Å². The van der Waals surface area contributed by atoms with E-state index in [4.69, 9.17) is 9.15 Å². The van der Waals surface area contributed by atoms with Crippen LogP contribution in [0.1, 0.15) is 12.5 Å². The number of nitrogens with one attached hydrogen (secondary N) is 1. The highest BCUT2D eigenvalue weighted by Gasteiger charge is 2.19. The Balaban J connectivity index is 1.72. The lowest BCUT2D eigenvalue weighted by atomic mass is 10.1. The average molecular weight is 412 g/mol. The van der Waals surface area contributed by atoms with Gasteiger partial charge in [-0.1, -0.05) is 0 Å². The molecule has 0 saturated heterocycles. The molecule has 0 aliphatic heterocycles. The lowest BCUT2D eigenvalue weighted by Crippen LogP contribution is -2.10. The van der Waals surface area contributed by atoms with Crippen LogP contribution in [0.25, 0.3) is 11.0 Å². The van der Waals surface area contributed by atoms with Crippen LogP contribution in [-0.2, 0) is 0 Å². The zero-order valence-electron chi connectivity index (χ0n) is 15.9. The Morgan fingerprint density at radius 3 is 2.60 bits per heavy atom. The van der Waals surface area contributed by atoms with Crippen molar-refractivity contribution in [1.82, 2.24) is 0 Å². The van der Waals surface area contributed by atoms with Crippen LogP contribution in [-0.4, -0.2) is 22.2 Å². The van der Waals surface area contributed by atoms with Gasteiger partial charge in [-0.05, 0) is 37.6 Å². The monoisotopic (exact) mass is 412 g/mol. The van der Waals surface area contributed by atoms with Gasteiger partial charge in [0, 0.05) is 23.6 Å². The number of non-ortho nitro benzene ring substituents is 1. The second-order valence-electron chi connectivity index (χ2n) is 6.37. The highest BCUT2D eigenvalue weighted by molar-refractivity contribution is 5.85. The molecule has 0 radical (unpaired) electrons. The van der Waals surface area contributed by atoms with Crippen LogP contribution in [0.4, 0.5) is 17.1 Å². The molecule has 0 aliphatic carbocycles. The highest BCUT2D eigenvalue weighted by Crippen LogP contribution is 2.29. The van der Waals surface area contributed by atoms with Gasteiger partial charge in [0.05, 0.1) is 21.6 Å². The first-order valence-corrected chi connectivity index (χ1v) is 8.64. The summed E-state index contributed by atoms with van der Waals surface area (Å²) >= 11 is 0. The fraction of sp³-hybridized carbons (Fsp3) is 0.158. The van der Waals surface area contributed by atoms with Gasteiger partial charge < -0.3 is 9.15 Å². The van der Waals surface area contributed by atoms with E-state index in [1.807, 2.05) is 0 Å². The molecule has 0 amide bonds. The number of anilines is 1. The van der Waals surface area contributed by atoms with E-state index in [-0.39, 0.29) is 12.3 Å². The van der Waals surface area contributed by atoms with Gasteiger partial charge in [-0.2, -0.15) is 5.10 Å². The predicted molar refractivity (Wildman–Crippen MR) is 109 cm³/mol. The first-order valence-electron chi connectivity index (χ1n) is 8.64. The number of nitro benzene ring substituents is 2. The van der Waals surface area contributed by atoms with Crippen LogP contribution in [0, 0.1) is 27.2 Å². The number of hydrazone groups is 1. The fourth-order valence-corrected chi connectivity index (χ4v) is 2.65. The Morgan fingerprint density at radius 2 is 1.90 bits per heavy atom. The minimum atomic E-state index is -0.735. The summed E-state index contributed by atoms with van der Waals surface area (Å²) in [6, 6.07) is 9.69. The Bertz CT molecular complexity index is 1230. The van der Waals surface area contributed by atoms with E-state index in [0.717, 1.165) is 23.1 Å². The van der Waals surface area contributed by atoms with Crippen molar-refractivity contribution in [2.45, 2.75) is 13.8 Å². The van der Waals surface area contributed by atoms with Gasteiger partial charge in [0.15, 0.2) is 0 Å². The second-order valence-corrected chi connectivity index (χ2v) is 6.37. The van der Waals surface area contributed by atoms with Gasteiger partial charge in [-0.25, -0.2) is 4.79 Å². The number of ether oxygens (including phenoxy) is 1. The SMILES string of the molecule is CC(COc1ccc2c(C)cc(=O)oc2c1)=NNc1ccc([N+](=O)[O-])cc1[N+](=O)[O-]. The number of aryl methyl sites for hydroxylation is 1. The Morgan fingerprint density at radius 1 is 1.13 bits per heavy atom. The first kappa shape index (κ1) is 20.5. The molecule has 11 nitrogen and oxygen atoms in total. The maximum atomic E-state index is 11.5. The summed E-state index contributed by atoms with van der Waals surface area (Å²) in [7, 11) is 0. The minimum absolute atomic E-state index is 0.00732. The third-order valence-corrected chi connectivity index (χ3v) is 4.13. The fourth-order valence-electron chi connectivity index (χ4n) is 2.65. The molecule has 1 heterocycles. The van der Waals surface area contributed by atoms with Crippen LogP contribution in [0.15, 0.2) is 56.8 Å². The molecule has 1 N–H and O–H groups in total. The molecule has 0 bridgehead atoms. The highest BCUT2D eigenvalue weighted by atomic mass is 16.6. The first-order chi connectivity index (χ1) is 14.2. The molecule has 0 unspecified atom stereocenters. The average Bonchev–Trinajstić information content (AvgIpc) is 2.69. The topological polar surface area (TPSA) is 150 Å². The molecule has 0 aliphatic rings. The molecule has 0 fully saturated rings. The lowest BCUT2D eigenvalue weighted by molar-refractivity contribution is -0.393. The largest absolute Gasteiger partial charge is 0.487 e. The number of hydrogen-bond acceptors (Lipinski definition) is 9. The number of rotatable bonds is 7. The molecule has 0 saturated carbocycles. The normalized spacial score (nSPS) is 11.3. The lowest BCUT2D eigenvalue weighted by Gasteiger charge is -2.08. The quantitative estimate of drug-likeness (QED) is 0.266. The number of hydrogen-bond donors (Lipinski definition) is 1. The smallest absolute Gasteiger partial charge is 0.336 e. The molecule has 2 aromatic carbocycles. The van der Waals surface area contributed by atoms with Gasteiger partial charge in [0.2, 0.25) is 0 Å². The molecule has 0 atom stereocenters. The summed E-state index contributed by atoms with van der Waals surface area (Å²) < 4.78 is 10.8. The number of nitrogens with zero attached hydrogens (tertiary/aromatic N) is 3. The van der Waals surface area contributed by atoms with E-state index in [1.54, 1.807) is 32.0 Å². The van der Waals surface area contributed by atoms with Gasteiger partial charge in [-0.3, -0.25) is 25.7 Å². The zero-order valence-corrected chi connectivity index (χ0v) is 15.9. The molecular weight excluding hydrogens is 396 g/mol. The Kier molecular flexibility index (Phi) is 5.72. The van der Waals surface area contributed by atoms with Crippen molar-refractivity contribution in [1.29, 1.82) is 0 Å². The number of benzene rings is 2. The van der Waals surface area contributed by atoms with Crippen LogP contribution in [0.3, 0.4) is 0 Å². The summed E-state index contributed by atoms with van der Waals surface area (Å²) in [5.41, 5.74) is 2.85. The Labute approximate surface area is 168 Å². The molecule has 3 rings (SSSR count). The third-order valence-electron chi connectivity index (χ3n) is 4.13. The van der Waals surface area contributed by atoms with Gasteiger partial charge in [-0.15, -0.1) is 0 Å². The van der Waals surface area contributed by atoms with Crippen LogP contribution in [0.5, 0.6) is 5.75 Å². The third kappa shape index (κ3) is 4.58. The summed E-state index contributed by atoms with van der Waals surface area (Å²) in [5.74, 6) is 0.451. The summed E-state index contributed by atoms with van der Waals surface area (Å²) in [4.78, 5) is 32.0. The van der Waals surface area contributed by atoms with E-state index in [2.05, 4.69) is 10.5 Å². The molecule has 0 spiro atoms. The molecule has 154 valence electrons. The number of fused-ring (bicyclic) bond motifs is 1. The van der Waals surface area contributed by atoms with E-state index in [0.29, 0.717) is 17.0 Å². The number of nitro groups is 2. The summed E-state index contributed by atoms with van der Waals surface area (Å²) in [6.45, 7) is 3.49. The predicted octanol–water partition coefficient (Wildman–Crippen LogP) is 3.78. The summed E-state index contributed by atoms with van der Waals surface area (Å²) in [6.07, 6.45) is 0. The van der Waals surface area contributed by atoms with Crippen LogP contribution in [0.2, 0.25) is 0 Å². The molecule has 11 heteroatoms. The van der Waals surface area contributed by atoms with Crippen molar-refractivity contribution in [3.8, 4) is 5.75 Å². The molecule has 30 heavy (non-hydrogen) atoms. The maximum absolute atomic E-state index is 11.5. The Hall–Kier alpha value is -4.28. The van der Waals surface area contributed by atoms with Crippen molar-refractivity contribution in [3.63, 3.8) is 0 Å². The van der Waals surface area contributed by atoms with Crippen molar-refractivity contribution in [2.75, 3.05) is 12.0 Å². The van der Waals surface area contributed by atoms with Crippen LogP contribution < -0.4 is 15.8 Å². The van der Waals surface area contributed by atoms with E-state index in [9.17, 15) is 25.0 Å². The molecule has 3 aromatic rings. The van der Waals surface area contributed by atoms with Crippen molar-refractivity contribution in [2.24, 2.45) is 5.10 Å². The standard InChI is InChI=1S/C19H16N4O7/c1-11-7-19(24)30-18-9-14(4-5-15(11)18)29-10-12(2)20-21-16-6-3-13(22(25)26)8-17(16)23(27)28/h3-9,21H,10H2,1-2H3. The van der Waals surface area contributed by atoms with Gasteiger partial charge in [0.1, 0.15) is 23.6 Å². The molecule has 1 aromatic heterocycles. The van der Waals surface area contributed by atoms with Crippen molar-refractivity contribution < 1.29 is 19.0 Å². The maximum Gasteiger partial charge on any atom is 0.336 e. The van der Waals surface area contributed by atoms with Gasteiger partial charge in [0.25, 0.3) is 5.69 Å².